The van der Waals surface area contributed by atoms with Crippen LogP contribution < -0.4 is 10.0 Å². The van der Waals surface area contributed by atoms with Gasteiger partial charge in [-0.15, -0.1) is 0 Å². The molecule has 0 saturated heterocycles. The molecule has 0 radical (unpaired) electrons. The molecular weight excluding hydrogens is 350 g/mol. The molecule has 6 nitrogen and oxygen atoms in total. The van der Waals surface area contributed by atoms with Crippen LogP contribution in [0, 0.1) is 0 Å². The quantitative estimate of drug-likeness (QED) is 0.742. The number of benzene rings is 1. The molecule has 1 aromatic heterocycles. The monoisotopic (exact) mass is 375 g/mol. The Morgan fingerprint density at radius 3 is 2.35 bits per heavy atom. The number of amides is 1. The van der Waals surface area contributed by atoms with Crippen LogP contribution in [0.4, 0.5) is 5.69 Å². The van der Waals surface area contributed by atoms with Crippen molar-refractivity contribution < 1.29 is 13.2 Å². The van der Waals surface area contributed by atoms with Gasteiger partial charge in [0.1, 0.15) is 0 Å². The Bertz CT molecular complexity index is 829. The van der Waals surface area contributed by atoms with Crippen molar-refractivity contribution in [3.05, 3.63) is 53.9 Å². The number of nitrogens with zero attached hydrogens (tertiary/aromatic N) is 1. The molecule has 0 unspecified atom stereocenters. The van der Waals surface area contributed by atoms with Crippen LogP contribution in [-0.4, -0.2) is 25.9 Å². The predicted molar refractivity (Wildman–Crippen MR) is 103 cm³/mol. The molecular formula is C19H25N3O3S. The number of carbonyl (C=O) groups excluding carboxylic acids is 1. The lowest BCUT2D eigenvalue weighted by atomic mass is 10.0. The van der Waals surface area contributed by atoms with Gasteiger partial charge >= 0.3 is 0 Å². The Balaban J connectivity index is 1.99. The molecule has 0 saturated carbocycles. The summed E-state index contributed by atoms with van der Waals surface area (Å²) in [5.74, 6) is 0.344. The minimum absolute atomic E-state index is 0.00198. The van der Waals surface area contributed by atoms with Gasteiger partial charge in [0.15, 0.2) is 0 Å². The number of sulfonamides is 1. The summed E-state index contributed by atoms with van der Waals surface area (Å²) in [6, 6.07) is 10.3. The van der Waals surface area contributed by atoms with Crippen molar-refractivity contribution in [2.24, 2.45) is 0 Å². The molecule has 26 heavy (non-hydrogen) atoms. The molecule has 0 fully saturated rings. The molecule has 1 heterocycles. The zero-order chi connectivity index (χ0) is 19.2. The van der Waals surface area contributed by atoms with Gasteiger partial charge in [-0.3, -0.25) is 14.5 Å². The predicted octanol–water partition coefficient (Wildman–Crippen LogP) is 3.07. The summed E-state index contributed by atoms with van der Waals surface area (Å²) in [7, 11) is -3.65. The van der Waals surface area contributed by atoms with Gasteiger partial charge in [0.2, 0.25) is 5.91 Å². The summed E-state index contributed by atoms with van der Waals surface area (Å²) < 4.78 is 27.5. The first-order chi connectivity index (χ1) is 12.3. The zero-order valence-electron chi connectivity index (χ0n) is 15.3. The number of rotatable bonds is 8. The maximum Gasteiger partial charge on any atom is 0.261 e. The van der Waals surface area contributed by atoms with Crippen molar-refractivity contribution >= 4 is 21.6 Å². The summed E-state index contributed by atoms with van der Waals surface area (Å²) in [4.78, 5) is 15.7. The fourth-order valence-corrected chi connectivity index (χ4v) is 3.38. The van der Waals surface area contributed by atoms with Crippen LogP contribution in [0.5, 0.6) is 0 Å². The lowest BCUT2D eigenvalue weighted by Crippen LogP contribution is -2.24. The number of carbonyl (C=O) groups is 1. The van der Waals surface area contributed by atoms with Crippen molar-refractivity contribution in [1.82, 2.24) is 10.3 Å². The summed E-state index contributed by atoms with van der Waals surface area (Å²) in [6.45, 7) is 6.42. The van der Waals surface area contributed by atoms with Gasteiger partial charge in [0.05, 0.1) is 16.8 Å². The highest BCUT2D eigenvalue weighted by Crippen LogP contribution is 2.19. The zero-order valence-corrected chi connectivity index (χ0v) is 16.1. The average Bonchev–Trinajstić information content (AvgIpc) is 2.62. The molecule has 1 amide bonds. The number of nitrogens with one attached hydrogen (secondary N) is 2. The minimum Gasteiger partial charge on any atom is -0.356 e. The minimum atomic E-state index is -3.65. The van der Waals surface area contributed by atoms with E-state index in [4.69, 9.17) is 0 Å². The van der Waals surface area contributed by atoms with Gasteiger partial charge in [0, 0.05) is 25.1 Å². The highest BCUT2D eigenvalue weighted by Gasteiger charge is 2.14. The van der Waals surface area contributed by atoms with Crippen molar-refractivity contribution in [3.63, 3.8) is 0 Å². The fourth-order valence-electron chi connectivity index (χ4n) is 2.33. The molecule has 2 aromatic rings. The first-order valence-corrected chi connectivity index (χ1v) is 10.1. The normalized spacial score (nSPS) is 11.4. The van der Waals surface area contributed by atoms with Crippen LogP contribution in [-0.2, 0) is 21.2 Å². The first-order valence-electron chi connectivity index (χ1n) is 8.66. The Kier molecular flexibility index (Phi) is 6.74. The van der Waals surface area contributed by atoms with Crippen LogP contribution in [0.15, 0.2) is 47.5 Å². The molecule has 2 N–H and O–H groups in total. The van der Waals surface area contributed by atoms with Crippen LogP contribution in [0.1, 0.15) is 44.4 Å². The SMILES string of the molecule is CCC(=O)NCCc1ccc(NS(=O)(=O)c2ccc(C(C)C)cc2)cn1. The fraction of sp³-hybridized carbons (Fsp3) is 0.368. The van der Waals surface area contributed by atoms with Crippen molar-refractivity contribution in [1.29, 1.82) is 0 Å². The topological polar surface area (TPSA) is 88.2 Å². The largest absolute Gasteiger partial charge is 0.356 e. The highest BCUT2D eigenvalue weighted by molar-refractivity contribution is 7.92. The number of hydrogen-bond acceptors (Lipinski definition) is 4. The summed E-state index contributed by atoms with van der Waals surface area (Å²) in [6.07, 6.45) is 2.53. The molecule has 0 spiro atoms. The molecule has 0 aliphatic rings. The van der Waals surface area contributed by atoms with Gasteiger partial charge in [-0.05, 0) is 35.7 Å². The van der Waals surface area contributed by atoms with E-state index < -0.39 is 10.0 Å². The summed E-state index contributed by atoms with van der Waals surface area (Å²) in [5.41, 5.74) is 2.27. The standard InChI is InChI=1S/C19H25N3O3S/c1-4-19(23)20-12-11-16-7-8-17(13-21-16)22-26(24,25)18-9-5-15(6-10-18)14(2)3/h5-10,13-14,22H,4,11-12H2,1-3H3,(H,20,23). The first kappa shape index (κ1) is 19.9. The summed E-state index contributed by atoms with van der Waals surface area (Å²) in [5, 5.41) is 2.78. The Morgan fingerprint density at radius 1 is 1.12 bits per heavy atom. The molecule has 2 rings (SSSR count). The molecule has 0 bridgehead atoms. The van der Waals surface area contributed by atoms with E-state index in [1.165, 1.54) is 6.20 Å². The Morgan fingerprint density at radius 2 is 1.81 bits per heavy atom. The second kappa shape index (κ2) is 8.80. The highest BCUT2D eigenvalue weighted by atomic mass is 32.2. The van der Waals surface area contributed by atoms with E-state index in [0.717, 1.165) is 11.3 Å². The van der Waals surface area contributed by atoms with Crippen molar-refractivity contribution in [2.45, 2.75) is 44.4 Å². The smallest absolute Gasteiger partial charge is 0.261 e. The van der Waals surface area contributed by atoms with E-state index in [-0.39, 0.29) is 10.8 Å². The average molecular weight is 375 g/mol. The van der Waals surface area contributed by atoms with E-state index in [0.29, 0.717) is 31.0 Å². The molecule has 1 aromatic carbocycles. The van der Waals surface area contributed by atoms with Crippen LogP contribution in [0.3, 0.4) is 0 Å². The van der Waals surface area contributed by atoms with Crippen LogP contribution in [0.2, 0.25) is 0 Å². The second-order valence-electron chi connectivity index (χ2n) is 6.32. The van der Waals surface area contributed by atoms with Crippen LogP contribution >= 0.6 is 0 Å². The van der Waals surface area contributed by atoms with Gasteiger partial charge in [-0.2, -0.15) is 0 Å². The van der Waals surface area contributed by atoms with Crippen molar-refractivity contribution in [3.8, 4) is 0 Å². The number of aromatic nitrogens is 1. The van der Waals surface area contributed by atoms with E-state index >= 15 is 0 Å². The van der Waals surface area contributed by atoms with E-state index in [9.17, 15) is 13.2 Å². The van der Waals surface area contributed by atoms with E-state index in [1.807, 2.05) is 12.1 Å². The van der Waals surface area contributed by atoms with E-state index in [2.05, 4.69) is 28.9 Å². The Hall–Kier alpha value is -2.41. The molecule has 0 aliphatic heterocycles. The van der Waals surface area contributed by atoms with Crippen LogP contribution in [0.25, 0.3) is 0 Å². The Labute approximate surface area is 155 Å². The maximum absolute atomic E-state index is 12.5. The number of pyridine rings is 1. The third kappa shape index (κ3) is 5.56. The van der Waals surface area contributed by atoms with Gasteiger partial charge < -0.3 is 5.32 Å². The lowest BCUT2D eigenvalue weighted by Gasteiger charge is -2.10. The molecule has 0 aliphatic carbocycles. The van der Waals surface area contributed by atoms with E-state index in [1.54, 1.807) is 31.2 Å². The lowest BCUT2D eigenvalue weighted by molar-refractivity contribution is -0.120. The van der Waals surface area contributed by atoms with Gasteiger partial charge in [0.25, 0.3) is 10.0 Å². The maximum atomic E-state index is 12.5. The van der Waals surface area contributed by atoms with Gasteiger partial charge in [-0.25, -0.2) is 8.42 Å². The number of hydrogen-bond donors (Lipinski definition) is 2. The summed E-state index contributed by atoms with van der Waals surface area (Å²) >= 11 is 0. The number of anilines is 1. The second-order valence-corrected chi connectivity index (χ2v) is 8.00. The van der Waals surface area contributed by atoms with Crippen molar-refractivity contribution in [2.75, 3.05) is 11.3 Å². The molecule has 0 atom stereocenters. The van der Waals surface area contributed by atoms with Gasteiger partial charge in [-0.1, -0.05) is 32.9 Å². The third-order valence-electron chi connectivity index (χ3n) is 3.96. The molecule has 7 heteroatoms. The third-order valence-corrected chi connectivity index (χ3v) is 5.36. The molecule has 140 valence electrons.